The third-order valence-electron chi connectivity index (χ3n) is 2.33. The average molecular weight is 155 g/mol. The molecule has 0 aromatic carbocycles. The summed E-state index contributed by atoms with van der Waals surface area (Å²) in [5.41, 5.74) is 1.09. The first kappa shape index (κ1) is 8.60. The fraction of sp³-hybridized carbons (Fsp3) is 0.778. The number of allylic oxidation sites excluding steroid dienone is 1. The lowest BCUT2D eigenvalue weighted by Gasteiger charge is -2.36. The molecule has 0 aromatic rings. The van der Waals surface area contributed by atoms with Gasteiger partial charge < -0.3 is 10.0 Å². The lowest BCUT2D eigenvalue weighted by molar-refractivity contribution is 0.120. The van der Waals surface area contributed by atoms with E-state index in [2.05, 4.69) is 11.5 Å². The summed E-state index contributed by atoms with van der Waals surface area (Å²) in [5, 5.41) is 9.03. The van der Waals surface area contributed by atoms with Crippen LogP contribution in [0, 0.1) is 0 Å². The zero-order chi connectivity index (χ0) is 8.27. The molecule has 1 unspecified atom stereocenters. The highest BCUT2D eigenvalue weighted by Gasteiger charge is 2.20. The lowest BCUT2D eigenvalue weighted by atomic mass is 10.0. The van der Waals surface area contributed by atoms with E-state index in [-0.39, 0.29) is 6.61 Å². The molecule has 1 aliphatic rings. The molecular weight excluding hydrogens is 138 g/mol. The lowest BCUT2D eigenvalue weighted by Crippen LogP contribution is -2.40. The number of likely N-dealkylation sites (tertiary alicyclic amines) is 1. The summed E-state index contributed by atoms with van der Waals surface area (Å²) >= 11 is 0. The molecule has 0 spiro atoms. The molecule has 11 heavy (non-hydrogen) atoms. The number of hydrogen-bond donors (Lipinski definition) is 1. The van der Waals surface area contributed by atoms with Crippen molar-refractivity contribution in [2.75, 3.05) is 13.2 Å². The van der Waals surface area contributed by atoms with Gasteiger partial charge in [-0.1, -0.05) is 6.58 Å². The first-order valence-corrected chi connectivity index (χ1v) is 4.28. The van der Waals surface area contributed by atoms with E-state index in [4.69, 9.17) is 5.11 Å². The van der Waals surface area contributed by atoms with Gasteiger partial charge in [-0.25, -0.2) is 0 Å². The van der Waals surface area contributed by atoms with E-state index in [1.165, 1.54) is 12.8 Å². The topological polar surface area (TPSA) is 23.5 Å². The van der Waals surface area contributed by atoms with Crippen molar-refractivity contribution in [3.8, 4) is 0 Å². The molecule has 1 rings (SSSR count). The third kappa shape index (κ3) is 1.96. The second-order valence-corrected chi connectivity index (χ2v) is 3.26. The Bertz CT molecular complexity index is 144. The van der Waals surface area contributed by atoms with Crippen molar-refractivity contribution in [3.63, 3.8) is 0 Å². The molecule has 1 aliphatic heterocycles. The van der Waals surface area contributed by atoms with Crippen molar-refractivity contribution < 1.29 is 5.11 Å². The molecule has 2 nitrogen and oxygen atoms in total. The van der Waals surface area contributed by atoms with Gasteiger partial charge in [0, 0.05) is 12.2 Å². The van der Waals surface area contributed by atoms with Crippen LogP contribution >= 0.6 is 0 Å². The van der Waals surface area contributed by atoms with Gasteiger partial charge in [-0.15, -0.1) is 0 Å². The van der Waals surface area contributed by atoms with Crippen LogP contribution in [-0.4, -0.2) is 29.2 Å². The molecule has 2 heteroatoms. The summed E-state index contributed by atoms with van der Waals surface area (Å²) in [6, 6.07) is 0.334. The van der Waals surface area contributed by atoms with Gasteiger partial charge in [-0.3, -0.25) is 0 Å². The minimum Gasteiger partial charge on any atom is -0.394 e. The van der Waals surface area contributed by atoms with Crippen molar-refractivity contribution in [1.29, 1.82) is 0 Å². The van der Waals surface area contributed by atoms with Gasteiger partial charge in [0.15, 0.2) is 0 Å². The number of piperidine rings is 1. The minimum atomic E-state index is 0.271. The van der Waals surface area contributed by atoms with Crippen LogP contribution in [-0.2, 0) is 0 Å². The smallest absolute Gasteiger partial charge is 0.0634 e. The average Bonchev–Trinajstić information content (AvgIpc) is 2.04. The van der Waals surface area contributed by atoms with Crippen molar-refractivity contribution in [1.82, 2.24) is 4.90 Å². The largest absolute Gasteiger partial charge is 0.394 e. The van der Waals surface area contributed by atoms with Gasteiger partial charge in [-0.05, 0) is 26.2 Å². The highest BCUT2D eigenvalue weighted by atomic mass is 16.3. The first-order chi connectivity index (χ1) is 5.25. The number of aliphatic hydroxyl groups is 1. The van der Waals surface area contributed by atoms with Crippen molar-refractivity contribution in [3.05, 3.63) is 12.3 Å². The maximum Gasteiger partial charge on any atom is 0.0634 e. The second kappa shape index (κ2) is 3.77. The Morgan fingerprint density at radius 2 is 2.36 bits per heavy atom. The van der Waals surface area contributed by atoms with Crippen LogP contribution in [0.4, 0.5) is 0 Å². The minimum absolute atomic E-state index is 0.271. The number of hydrogen-bond acceptors (Lipinski definition) is 2. The number of aliphatic hydroxyl groups excluding tert-OH is 1. The Balaban J connectivity index is 2.51. The van der Waals surface area contributed by atoms with Gasteiger partial charge in [0.25, 0.3) is 0 Å². The van der Waals surface area contributed by atoms with Crippen LogP contribution in [0.5, 0.6) is 0 Å². The van der Waals surface area contributed by atoms with E-state index in [0.29, 0.717) is 6.04 Å². The van der Waals surface area contributed by atoms with E-state index in [1.54, 1.807) is 0 Å². The molecule has 0 aromatic heterocycles. The highest BCUT2D eigenvalue weighted by Crippen LogP contribution is 2.19. The van der Waals surface area contributed by atoms with E-state index in [1.807, 2.05) is 6.92 Å². The van der Waals surface area contributed by atoms with Gasteiger partial charge in [0.1, 0.15) is 0 Å². The second-order valence-electron chi connectivity index (χ2n) is 3.26. The molecule has 1 saturated heterocycles. The summed E-state index contributed by atoms with van der Waals surface area (Å²) in [7, 11) is 0. The maximum atomic E-state index is 9.03. The molecule has 1 N–H and O–H groups in total. The summed E-state index contributed by atoms with van der Waals surface area (Å²) in [4.78, 5) is 2.21. The number of nitrogens with zero attached hydrogens (tertiary/aromatic N) is 1. The third-order valence-corrected chi connectivity index (χ3v) is 2.33. The fourth-order valence-electron chi connectivity index (χ4n) is 1.69. The summed E-state index contributed by atoms with van der Waals surface area (Å²) in [5.74, 6) is 0. The zero-order valence-electron chi connectivity index (χ0n) is 7.21. The quantitative estimate of drug-likeness (QED) is 0.651. The van der Waals surface area contributed by atoms with Gasteiger partial charge in [-0.2, -0.15) is 0 Å². The Hall–Kier alpha value is -0.500. The van der Waals surface area contributed by atoms with Gasteiger partial charge in [0.2, 0.25) is 0 Å². The zero-order valence-corrected chi connectivity index (χ0v) is 7.21. The molecule has 1 fully saturated rings. The van der Waals surface area contributed by atoms with Crippen LogP contribution < -0.4 is 0 Å². The summed E-state index contributed by atoms with van der Waals surface area (Å²) < 4.78 is 0. The molecule has 0 saturated carbocycles. The van der Waals surface area contributed by atoms with Crippen LogP contribution in [0.15, 0.2) is 12.3 Å². The molecule has 64 valence electrons. The van der Waals surface area contributed by atoms with Crippen LogP contribution in [0.2, 0.25) is 0 Å². The molecule has 1 atom stereocenters. The van der Waals surface area contributed by atoms with Crippen LogP contribution in [0.3, 0.4) is 0 Å². The van der Waals surface area contributed by atoms with Crippen LogP contribution in [0.25, 0.3) is 0 Å². The van der Waals surface area contributed by atoms with Crippen molar-refractivity contribution in [2.45, 2.75) is 32.2 Å². The van der Waals surface area contributed by atoms with E-state index in [0.717, 1.165) is 18.7 Å². The van der Waals surface area contributed by atoms with Gasteiger partial charge >= 0.3 is 0 Å². The molecule has 0 amide bonds. The standard InChI is InChI=1S/C9H17NO/c1-8(2)10-6-4-3-5-9(10)7-11/h9,11H,1,3-7H2,2H3. The van der Waals surface area contributed by atoms with E-state index >= 15 is 0 Å². The Kier molecular flexibility index (Phi) is 2.94. The Morgan fingerprint density at radius 1 is 1.64 bits per heavy atom. The molecular formula is C9H17NO. The molecule has 0 bridgehead atoms. The highest BCUT2D eigenvalue weighted by molar-refractivity contribution is 4.94. The molecule has 0 radical (unpaired) electrons. The van der Waals surface area contributed by atoms with E-state index in [9.17, 15) is 0 Å². The summed E-state index contributed by atoms with van der Waals surface area (Å²) in [6.07, 6.45) is 3.60. The predicted molar refractivity (Wildman–Crippen MR) is 46.2 cm³/mol. The number of rotatable bonds is 2. The molecule has 1 heterocycles. The van der Waals surface area contributed by atoms with Crippen molar-refractivity contribution >= 4 is 0 Å². The fourth-order valence-corrected chi connectivity index (χ4v) is 1.69. The SMILES string of the molecule is C=C(C)N1CCCCC1CO. The first-order valence-electron chi connectivity index (χ1n) is 4.28. The van der Waals surface area contributed by atoms with E-state index < -0.39 is 0 Å². The van der Waals surface area contributed by atoms with Crippen molar-refractivity contribution in [2.24, 2.45) is 0 Å². The maximum absolute atomic E-state index is 9.03. The van der Waals surface area contributed by atoms with Gasteiger partial charge in [0.05, 0.1) is 12.6 Å². The monoisotopic (exact) mass is 155 g/mol. The molecule has 0 aliphatic carbocycles. The Morgan fingerprint density at radius 3 is 2.82 bits per heavy atom. The predicted octanol–water partition coefficient (Wildman–Crippen LogP) is 1.37. The Labute approximate surface area is 68.5 Å². The van der Waals surface area contributed by atoms with Crippen LogP contribution in [0.1, 0.15) is 26.2 Å². The normalized spacial score (nSPS) is 25.3. The summed E-state index contributed by atoms with van der Waals surface area (Å²) in [6.45, 7) is 7.24.